The second kappa shape index (κ2) is 9.18. The van der Waals surface area contributed by atoms with Crippen molar-refractivity contribution in [3.05, 3.63) is 0 Å². The third kappa shape index (κ3) is 6.50. The summed E-state index contributed by atoms with van der Waals surface area (Å²) in [6.07, 6.45) is 2.41. The number of hydrogen-bond acceptors (Lipinski definition) is 5. The molecule has 4 atom stereocenters. The van der Waals surface area contributed by atoms with Crippen LogP contribution in [0.2, 0.25) is 0 Å². The number of aliphatic hydroxyl groups excluding tert-OH is 1. The van der Waals surface area contributed by atoms with Gasteiger partial charge in [-0.25, -0.2) is 0 Å². The molecule has 1 heterocycles. The van der Waals surface area contributed by atoms with Gasteiger partial charge < -0.3 is 24.1 Å². The van der Waals surface area contributed by atoms with Crippen molar-refractivity contribution >= 4 is 0 Å². The van der Waals surface area contributed by atoms with Crippen LogP contribution in [0.3, 0.4) is 0 Å². The molecular formula is C17H32O5. The van der Waals surface area contributed by atoms with Crippen molar-refractivity contribution in [2.24, 2.45) is 17.8 Å². The largest absolute Gasteiger partial charge is 0.388 e. The van der Waals surface area contributed by atoms with E-state index in [1.54, 1.807) is 0 Å². The summed E-state index contributed by atoms with van der Waals surface area (Å²) in [5.74, 6) is 1.90. The van der Waals surface area contributed by atoms with Crippen LogP contribution in [-0.2, 0) is 18.9 Å². The van der Waals surface area contributed by atoms with Crippen molar-refractivity contribution in [2.75, 3.05) is 39.6 Å². The molecule has 2 aliphatic rings. The lowest BCUT2D eigenvalue weighted by Gasteiger charge is -2.38. The van der Waals surface area contributed by atoms with E-state index < -0.39 is 6.10 Å². The molecule has 1 aliphatic carbocycles. The first-order chi connectivity index (χ1) is 10.6. The fourth-order valence-electron chi connectivity index (χ4n) is 3.51. The van der Waals surface area contributed by atoms with E-state index in [0.29, 0.717) is 51.0 Å². The number of aliphatic hydroxyl groups is 1. The minimum Gasteiger partial charge on any atom is -0.388 e. The van der Waals surface area contributed by atoms with Gasteiger partial charge in [0.15, 0.2) is 0 Å². The van der Waals surface area contributed by atoms with E-state index in [-0.39, 0.29) is 6.10 Å². The first-order valence-corrected chi connectivity index (χ1v) is 8.63. The second-order valence-electron chi connectivity index (χ2n) is 7.09. The number of epoxide rings is 1. The third-order valence-corrected chi connectivity index (χ3v) is 4.54. The summed E-state index contributed by atoms with van der Waals surface area (Å²) in [6, 6.07) is 0. The molecule has 5 nitrogen and oxygen atoms in total. The van der Waals surface area contributed by atoms with Crippen LogP contribution < -0.4 is 0 Å². The van der Waals surface area contributed by atoms with E-state index in [4.69, 9.17) is 18.9 Å². The molecule has 130 valence electrons. The maximum Gasteiger partial charge on any atom is 0.104 e. The Hall–Kier alpha value is -0.200. The molecule has 0 bridgehead atoms. The zero-order chi connectivity index (χ0) is 15.9. The minimum atomic E-state index is -0.564. The van der Waals surface area contributed by atoms with Crippen LogP contribution in [0.5, 0.6) is 0 Å². The molecule has 2 fully saturated rings. The number of ether oxygens (including phenoxy) is 4. The molecule has 4 unspecified atom stereocenters. The quantitative estimate of drug-likeness (QED) is 0.492. The van der Waals surface area contributed by atoms with Crippen LogP contribution in [0.4, 0.5) is 0 Å². The monoisotopic (exact) mass is 316 g/mol. The Bertz CT molecular complexity index is 295. The van der Waals surface area contributed by atoms with Gasteiger partial charge in [0.2, 0.25) is 0 Å². The molecule has 1 aliphatic heterocycles. The Kier molecular flexibility index (Phi) is 7.57. The van der Waals surface area contributed by atoms with E-state index in [2.05, 4.69) is 20.8 Å². The standard InChI is InChI=1S/C17H32O5/c1-12-6-13(2)17(14(3)7-12)22-9-15(18)8-19-4-5-20-10-16-11-21-16/h12-18H,4-11H2,1-3H3. The van der Waals surface area contributed by atoms with Gasteiger partial charge in [-0.3, -0.25) is 0 Å². The summed E-state index contributed by atoms with van der Waals surface area (Å²) >= 11 is 0. The predicted octanol–water partition coefficient (Wildman–Crippen LogP) is 1.87. The Balaban J connectivity index is 1.50. The Labute approximate surface area is 134 Å². The zero-order valence-corrected chi connectivity index (χ0v) is 14.2. The molecule has 1 saturated heterocycles. The molecule has 0 aromatic rings. The Morgan fingerprint density at radius 3 is 2.32 bits per heavy atom. The Morgan fingerprint density at radius 2 is 1.68 bits per heavy atom. The van der Waals surface area contributed by atoms with Crippen molar-refractivity contribution in [3.63, 3.8) is 0 Å². The van der Waals surface area contributed by atoms with Crippen molar-refractivity contribution in [1.29, 1.82) is 0 Å². The molecule has 0 spiro atoms. The van der Waals surface area contributed by atoms with Crippen molar-refractivity contribution in [3.8, 4) is 0 Å². The molecule has 1 saturated carbocycles. The highest BCUT2D eigenvalue weighted by Gasteiger charge is 2.32. The van der Waals surface area contributed by atoms with Gasteiger partial charge in [0, 0.05) is 0 Å². The molecule has 1 N–H and O–H groups in total. The average molecular weight is 316 g/mol. The van der Waals surface area contributed by atoms with Gasteiger partial charge >= 0.3 is 0 Å². The van der Waals surface area contributed by atoms with Crippen LogP contribution >= 0.6 is 0 Å². The van der Waals surface area contributed by atoms with Crippen LogP contribution in [-0.4, -0.2) is 63.1 Å². The van der Waals surface area contributed by atoms with Crippen LogP contribution in [0.25, 0.3) is 0 Å². The molecule has 0 amide bonds. The van der Waals surface area contributed by atoms with Crippen LogP contribution in [0, 0.1) is 17.8 Å². The fourth-order valence-corrected chi connectivity index (χ4v) is 3.51. The summed E-state index contributed by atoms with van der Waals surface area (Å²) in [5.41, 5.74) is 0. The maximum atomic E-state index is 9.95. The van der Waals surface area contributed by atoms with E-state index in [1.807, 2.05) is 0 Å². The van der Waals surface area contributed by atoms with Crippen molar-refractivity contribution in [1.82, 2.24) is 0 Å². The van der Waals surface area contributed by atoms with Gasteiger partial charge in [-0.05, 0) is 30.6 Å². The molecule has 22 heavy (non-hydrogen) atoms. The first-order valence-electron chi connectivity index (χ1n) is 8.63. The van der Waals surface area contributed by atoms with Crippen LogP contribution in [0.1, 0.15) is 33.6 Å². The normalized spacial score (nSPS) is 36.3. The fraction of sp³-hybridized carbons (Fsp3) is 1.00. The van der Waals surface area contributed by atoms with E-state index >= 15 is 0 Å². The first kappa shape index (κ1) is 18.1. The highest BCUT2D eigenvalue weighted by Crippen LogP contribution is 2.34. The second-order valence-corrected chi connectivity index (χ2v) is 7.09. The third-order valence-electron chi connectivity index (χ3n) is 4.54. The number of hydrogen-bond donors (Lipinski definition) is 1. The summed E-state index contributed by atoms with van der Waals surface area (Å²) in [5, 5.41) is 9.95. The SMILES string of the molecule is CC1CC(C)C(OCC(O)COCCOCC2CO2)C(C)C1. The molecule has 5 heteroatoms. The maximum absolute atomic E-state index is 9.95. The highest BCUT2D eigenvalue weighted by molar-refractivity contribution is 4.81. The Morgan fingerprint density at radius 1 is 1.05 bits per heavy atom. The van der Waals surface area contributed by atoms with Crippen molar-refractivity contribution in [2.45, 2.75) is 51.9 Å². The zero-order valence-electron chi connectivity index (χ0n) is 14.2. The molecule has 0 aromatic carbocycles. The van der Waals surface area contributed by atoms with E-state index in [0.717, 1.165) is 12.5 Å². The summed E-state index contributed by atoms with van der Waals surface area (Å²) in [6.45, 7) is 9.96. The smallest absolute Gasteiger partial charge is 0.104 e. The summed E-state index contributed by atoms with van der Waals surface area (Å²) in [7, 11) is 0. The lowest BCUT2D eigenvalue weighted by Crippen LogP contribution is -2.38. The van der Waals surface area contributed by atoms with Crippen LogP contribution in [0.15, 0.2) is 0 Å². The number of rotatable bonds is 10. The van der Waals surface area contributed by atoms with E-state index in [1.165, 1.54) is 12.8 Å². The van der Waals surface area contributed by atoms with Gasteiger partial charge in [-0.15, -0.1) is 0 Å². The lowest BCUT2D eigenvalue weighted by atomic mass is 9.75. The van der Waals surface area contributed by atoms with Gasteiger partial charge in [-0.1, -0.05) is 20.8 Å². The molecule has 0 aromatic heterocycles. The lowest BCUT2D eigenvalue weighted by molar-refractivity contribution is -0.0940. The molecular weight excluding hydrogens is 284 g/mol. The van der Waals surface area contributed by atoms with E-state index in [9.17, 15) is 5.11 Å². The van der Waals surface area contributed by atoms with Gasteiger partial charge in [0.05, 0.1) is 45.7 Å². The summed E-state index contributed by atoms with van der Waals surface area (Å²) < 4.78 is 21.8. The van der Waals surface area contributed by atoms with Gasteiger partial charge in [0.25, 0.3) is 0 Å². The average Bonchev–Trinajstić information content (AvgIpc) is 3.25. The topological polar surface area (TPSA) is 60.5 Å². The summed E-state index contributed by atoms with van der Waals surface area (Å²) in [4.78, 5) is 0. The molecule has 0 radical (unpaired) electrons. The van der Waals surface area contributed by atoms with Crippen molar-refractivity contribution < 1.29 is 24.1 Å². The minimum absolute atomic E-state index is 0.257. The van der Waals surface area contributed by atoms with Gasteiger partial charge in [0.1, 0.15) is 12.2 Å². The van der Waals surface area contributed by atoms with Gasteiger partial charge in [-0.2, -0.15) is 0 Å². The molecule has 2 rings (SSSR count). The highest BCUT2D eigenvalue weighted by atomic mass is 16.6. The predicted molar refractivity (Wildman–Crippen MR) is 83.9 cm³/mol.